The number of hydrogen-bond donors (Lipinski definition) is 2. The second kappa shape index (κ2) is 6.28. The van der Waals surface area contributed by atoms with Crippen LogP contribution in [-0.2, 0) is 17.4 Å². The second-order valence-corrected chi connectivity index (χ2v) is 6.24. The van der Waals surface area contributed by atoms with Crippen LogP contribution in [0.2, 0.25) is 10.0 Å². The number of fused-ring (bicyclic) bond motifs is 1. The van der Waals surface area contributed by atoms with Gasteiger partial charge in [-0.3, -0.25) is 4.79 Å². The van der Waals surface area contributed by atoms with E-state index in [1.165, 1.54) is 30.3 Å². The van der Waals surface area contributed by atoms with Crippen LogP contribution in [0.15, 0.2) is 36.4 Å². The molecule has 0 atom stereocenters. The van der Waals surface area contributed by atoms with Crippen molar-refractivity contribution in [3.63, 3.8) is 0 Å². The van der Waals surface area contributed by atoms with Crippen molar-refractivity contribution >= 4 is 40.1 Å². The Kier molecular flexibility index (Phi) is 4.43. The average Bonchev–Trinajstić information content (AvgIpc) is 2.84. The predicted octanol–water partition coefficient (Wildman–Crippen LogP) is 5.79. The Labute approximate surface area is 150 Å². The summed E-state index contributed by atoms with van der Waals surface area (Å²) in [4.78, 5) is 13.9. The Morgan fingerprint density at radius 3 is 2.48 bits per heavy atom. The maximum atomic E-state index is 13.3. The molecule has 0 saturated heterocycles. The first-order valence-electron chi connectivity index (χ1n) is 7.06. The molecule has 0 radical (unpaired) electrons. The lowest BCUT2D eigenvalue weighted by atomic mass is 10.0. The molecule has 0 aliphatic heterocycles. The number of aliphatic carboxylic acids is 1. The van der Waals surface area contributed by atoms with Gasteiger partial charge in [0.2, 0.25) is 0 Å². The van der Waals surface area contributed by atoms with Gasteiger partial charge in [0.05, 0.1) is 28.2 Å². The molecule has 3 aromatic rings. The van der Waals surface area contributed by atoms with Crippen molar-refractivity contribution in [2.45, 2.75) is 12.6 Å². The molecule has 25 heavy (non-hydrogen) atoms. The number of alkyl halides is 3. The van der Waals surface area contributed by atoms with Gasteiger partial charge in [-0.25, -0.2) is 0 Å². The predicted molar refractivity (Wildman–Crippen MR) is 90.1 cm³/mol. The Balaban J connectivity index is 2.36. The first-order valence-corrected chi connectivity index (χ1v) is 7.82. The lowest BCUT2D eigenvalue weighted by Crippen LogP contribution is -2.05. The van der Waals surface area contributed by atoms with Crippen molar-refractivity contribution in [2.24, 2.45) is 0 Å². The molecule has 0 fully saturated rings. The van der Waals surface area contributed by atoms with Crippen LogP contribution in [-0.4, -0.2) is 16.1 Å². The van der Waals surface area contributed by atoms with E-state index in [2.05, 4.69) is 4.98 Å². The zero-order chi connectivity index (χ0) is 18.4. The molecule has 0 bridgehead atoms. The first-order chi connectivity index (χ1) is 11.7. The molecule has 130 valence electrons. The summed E-state index contributed by atoms with van der Waals surface area (Å²) in [5.74, 6) is -1.16. The van der Waals surface area contributed by atoms with Gasteiger partial charge in [0.15, 0.2) is 0 Å². The molecule has 8 heteroatoms. The van der Waals surface area contributed by atoms with E-state index < -0.39 is 24.1 Å². The number of hydrogen-bond acceptors (Lipinski definition) is 1. The van der Waals surface area contributed by atoms with E-state index >= 15 is 0 Å². The summed E-state index contributed by atoms with van der Waals surface area (Å²) in [6.07, 6.45) is -5.03. The molecule has 2 aromatic carbocycles. The summed E-state index contributed by atoms with van der Waals surface area (Å²) in [6.45, 7) is 0. The third-order valence-corrected chi connectivity index (χ3v) is 4.32. The average molecular weight is 388 g/mol. The zero-order valence-corrected chi connectivity index (χ0v) is 13.9. The van der Waals surface area contributed by atoms with Crippen LogP contribution in [0.3, 0.4) is 0 Å². The topological polar surface area (TPSA) is 53.1 Å². The number of carboxylic acids is 1. The van der Waals surface area contributed by atoms with E-state index in [9.17, 15) is 18.0 Å². The van der Waals surface area contributed by atoms with Crippen LogP contribution in [0.5, 0.6) is 0 Å². The second-order valence-electron chi connectivity index (χ2n) is 5.40. The minimum absolute atomic E-state index is 0.174. The summed E-state index contributed by atoms with van der Waals surface area (Å²) in [7, 11) is 0. The summed E-state index contributed by atoms with van der Waals surface area (Å²) in [5.41, 5.74) is -0.194. The van der Waals surface area contributed by atoms with Crippen LogP contribution in [0.25, 0.3) is 22.2 Å². The van der Waals surface area contributed by atoms with Crippen molar-refractivity contribution in [3.8, 4) is 11.3 Å². The minimum atomic E-state index is -4.58. The maximum absolute atomic E-state index is 13.3. The summed E-state index contributed by atoms with van der Waals surface area (Å²) >= 11 is 12.0. The Morgan fingerprint density at radius 1 is 1.16 bits per heavy atom. The Morgan fingerprint density at radius 2 is 1.88 bits per heavy atom. The van der Waals surface area contributed by atoms with E-state index in [4.69, 9.17) is 28.3 Å². The number of halogens is 5. The van der Waals surface area contributed by atoms with Crippen LogP contribution in [0, 0.1) is 0 Å². The van der Waals surface area contributed by atoms with Crippen LogP contribution in [0.4, 0.5) is 13.2 Å². The van der Waals surface area contributed by atoms with Crippen molar-refractivity contribution in [1.29, 1.82) is 0 Å². The number of aromatic amines is 1. The number of carbonyl (C=O) groups is 1. The first kappa shape index (κ1) is 17.6. The molecule has 0 saturated carbocycles. The molecular weight excluding hydrogens is 378 g/mol. The van der Waals surface area contributed by atoms with Crippen LogP contribution in [0.1, 0.15) is 11.1 Å². The van der Waals surface area contributed by atoms with Crippen LogP contribution < -0.4 is 0 Å². The number of H-pyrrole nitrogens is 1. The number of benzene rings is 2. The third kappa shape index (κ3) is 3.32. The zero-order valence-electron chi connectivity index (χ0n) is 12.4. The molecule has 3 nitrogen and oxygen atoms in total. The maximum Gasteiger partial charge on any atom is 0.418 e. The summed E-state index contributed by atoms with van der Waals surface area (Å²) in [6, 6.07) is 8.15. The highest BCUT2D eigenvalue weighted by atomic mass is 35.5. The van der Waals surface area contributed by atoms with Gasteiger partial charge < -0.3 is 10.1 Å². The fourth-order valence-corrected chi connectivity index (χ4v) is 3.27. The van der Waals surface area contributed by atoms with E-state index in [1.807, 2.05) is 0 Å². The summed E-state index contributed by atoms with van der Waals surface area (Å²) < 4.78 is 39.8. The minimum Gasteiger partial charge on any atom is -0.481 e. The van der Waals surface area contributed by atoms with Crippen LogP contribution >= 0.6 is 23.2 Å². The number of aromatic nitrogens is 1. The van der Waals surface area contributed by atoms with Gasteiger partial charge in [-0.2, -0.15) is 13.2 Å². The smallest absolute Gasteiger partial charge is 0.418 e. The lowest BCUT2D eigenvalue weighted by molar-refractivity contribution is -0.137. The molecule has 1 heterocycles. The monoisotopic (exact) mass is 387 g/mol. The highest BCUT2D eigenvalue weighted by Gasteiger charge is 2.34. The van der Waals surface area contributed by atoms with Crippen molar-refractivity contribution in [1.82, 2.24) is 4.98 Å². The fraction of sp³-hybridized carbons (Fsp3) is 0.118. The molecule has 0 amide bonds. The lowest BCUT2D eigenvalue weighted by Gasteiger charge is -2.07. The number of nitrogens with one attached hydrogen (secondary N) is 1. The molecular formula is C17H10Cl2F3NO2. The number of carboxylic acid groups (broad SMARTS) is 1. The van der Waals surface area contributed by atoms with Gasteiger partial charge in [0.1, 0.15) is 0 Å². The highest BCUT2D eigenvalue weighted by Crippen LogP contribution is 2.40. The van der Waals surface area contributed by atoms with Gasteiger partial charge in [-0.15, -0.1) is 0 Å². The van der Waals surface area contributed by atoms with E-state index in [1.54, 1.807) is 0 Å². The van der Waals surface area contributed by atoms with Crippen molar-refractivity contribution < 1.29 is 23.1 Å². The van der Waals surface area contributed by atoms with Crippen molar-refractivity contribution in [2.75, 3.05) is 0 Å². The fourth-order valence-electron chi connectivity index (χ4n) is 2.77. The van der Waals surface area contributed by atoms with Gasteiger partial charge in [-0.05, 0) is 29.8 Å². The van der Waals surface area contributed by atoms with Gasteiger partial charge in [-0.1, -0.05) is 35.3 Å². The van der Waals surface area contributed by atoms with Crippen molar-refractivity contribution in [3.05, 3.63) is 57.6 Å². The molecule has 0 spiro atoms. The quantitative estimate of drug-likeness (QED) is 0.597. The third-order valence-electron chi connectivity index (χ3n) is 3.78. The van der Waals surface area contributed by atoms with Gasteiger partial charge in [0.25, 0.3) is 0 Å². The van der Waals surface area contributed by atoms with Gasteiger partial charge in [0, 0.05) is 16.0 Å². The van der Waals surface area contributed by atoms with E-state index in [-0.39, 0.29) is 27.2 Å². The normalized spacial score (nSPS) is 11.9. The number of para-hydroxylation sites is 1. The van der Waals surface area contributed by atoms with E-state index in [0.29, 0.717) is 10.6 Å². The molecule has 0 aliphatic rings. The summed E-state index contributed by atoms with van der Waals surface area (Å²) in [5, 5.41) is 9.93. The molecule has 0 aliphatic carbocycles. The van der Waals surface area contributed by atoms with Gasteiger partial charge >= 0.3 is 12.1 Å². The largest absolute Gasteiger partial charge is 0.481 e. The molecule has 1 aromatic heterocycles. The molecule has 2 N–H and O–H groups in total. The Bertz CT molecular complexity index is 980. The molecule has 0 unspecified atom stereocenters. The highest BCUT2D eigenvalue weighted by molar-refractivity contribution is 6.36. The Hall–Kier alpha value is -2.18. The van der Waals surface area contributed by atoms with E-state index in [0.717, 1.165) is 6.07 Å². The molecule has 3 rings (SSSR count). The SMILES string of the molecule is O=C(O)Cc1c(-c2ccc(Cl)cc2Cl)[nH]c2c(C(F)(F)F)cccc12. The number of rotatable bonds is 3. The standard InChI is InChI=1S/C17H10Cl2F3NO2/c18-8-4-5-10(13(19)6-8)15-11(7-14(24)25)9-2-1-3-12(16(9)23-15)17(20,21)22/h1-6,23H,7H2,(H,24,25).